The van der Waals surface area contributed by atoms with Crippen LogP contribution in [0.3, 0.4) is 0 Å². The zero-order chi connectivity index (χ0) is 19.8. The fraction of sp³-hybridized carbons (Fsp3) is 0.0909. The highest BCUT2D eigenvalue weighted by molar-refractivity contribution is 6.04. The molecular weight excluding hydrogens is 354 g/mol. The van der Waals surface area contributed by atoms with Crippen molar-refractivity contribution in [2.75, 3.05) is 23.1 Å². The third-order valence-electron chi connectivity index (χ3n) is 3.96. The SMILES string of the molecule is COCc1ccc(C(=O)Nc2ccc(NC(=O)Nc3ccccc3)cc2)cc1. The first-order chi connectivity index (χ1) is 13.6. The molecule has 3 aromatic rings. The number of hydrogen-bond acceptors (Lipinski definition) is 3. The Kier molecular flexibility index (Phi) is 6.38. The van der Waals surface area contributed by atoms with Gasteiger partial charge in [-0.25, -0.2) is 4.79 Å². The first-order valence-electron chi connectivity index (χ1n) is 8.76. The average molecular weight is 375 g/mol. The van der Waals surface area contributed by atoms with E-state index in [0.717, 1.165) is 5.56 Å². The zero-order valence-corrected chi connectivity index (χ0v) is 15.4. The molecule has 0 spiro atoms. The highest BCUT2D eigenvalue weighted by Crippen LogP contribution is 2.16. The summed E-state index contributed by atoms with van der Waals surface area (Å²) in [6.07, 6.45) is 0. The van der Waals surface area contributed by atoms with Crippen LogP contribution in [0.25, 0.3) is 0 Å². The Labute approximate surface area is 163 Å². The van der Waals surface area contributed by atoms with Crippen molar-refractivity contribution in [3.05, 3.63) is 90.0 Å². The van der Waals surface area contributed by atoms with Crippen molar-refractivity contribution in [2.45, 2.75) is 6.61 Å². The van der Waals surface area contributed by atoms with E-state index in [-0.39, 0.29) is 11.9 Å². The number of anilines is 3. The molecule has 3 N–H and O–H groups in total. The highest BCUT2D eigenvalue weighted by atomic mass is 16.5. The third kappa shape index (κ3) is 5.43. The average Bonchev–Trinajstić information content (AvgIpc) is 2.71. The van der Waals surface area contributed by atoms with Crippen molar-refractivity contribution < 1.29 is 14.3 Å². The topological polar surface area (TPSA) is 79.5 Å². The van der Waals surface area contributed by atoms with E-state index in [0.29, 0.717) is 29.2 Å². The fourth-order valence-corrected chi connectivity index (χ4v) is 2.57. The van der Waals surface area contributed by atoms with Gasteiger partial charge in [-0.05, 0) is 54.1 Å². The summed E-state index contributed by atoms with van der Waals surface area (Å²) in [5.74, 6) is -0.202. The second-order valence-electron chi connectivity index (χ2n) is 6.11. The Balaban J connectivity index is 1.55. The number of nitrogens with one attached hydrogen (secondary N) is 3. The van der Waals surface area contributed by atoms with E-state index in [1.807, 2.05) is 30.3 Å². The van der Waals surface area contributed by atoms with Crippen LogP contribution < -0.4 is 16.0 Å². The number of carbonyl (C=O) groups excluding carboxylic acids is 2. The predicted octanol–water partition coefficient (Wildman–Crippen LogP) is 4.73. The zero-order valence-electron chi connectivity index (χ0n) is 15.4. The lowest BCUT2D eigenvalue weighted by molar-refractivity contribution is 0.102. The molecular formula is C22H21N3O3. The van der Waals surface area contributed by atoms with Crippen LogP contribution >= 0.6 is 0 Å². The van der Waals surface area contributed by atoms with E-state index < -0.39 is 0 Å². The van der Waals surface area contributed by atoms with E-state index >= 15 is 0 Å². The molecule has 0 saturated carbocycles. The standard InChI is InChI=1S/C22H21N3O3/c1-28-15-16-7-9-17(10-8-16)21(26)23-19-11-13-20(14-12-19)25-22(27)24-18-5-3-2-4-6-18/h2-14H,15H2,1H3,(H,23,26)(H2,24,25,27). The van der Waals surface area contributed by atoms with Crippen molar-refractivity contribution in [3.63, 3.8) is 0 Å². The molecule has 0 aliphatic heterocycles. The molecule has 0 atom stereocenters. The van der Waals surface area contributed by atoms with Gasteiger partial charge < -0.3 is 20.7 Å². The molecule has 0 aromatic heterocycles. The number of para-hydroxylation sites is 1. The Morgan fingerprint density at radius 3 is 1.82 bits per heavy atom. The van der Waals surface area contributed by atoms with E-state index in [1.165, 1.54) is 0 Å². The van der Waals surface area contributed by atoms with Crippen molar-refractivity contribution in [3.8, 4) is 0 Å². The van der Waals surface area contributed by atoms with Gasteiger partial charge in [-0.3, -0.25) is 4.79 Å². The van der Waals surface area contributed by atoms with Crippen LogP contribution in [0.5, 0.6) is 0 Å². The number of rotatable bonds is 6. The van der Waals surface area contributed by atoms with Crippen LogP contribution in [0.4, 0.5) is 21.9 Å². The second kappa shape index (κ2) is 9.34. The normalized spacial score (nSPS) is 10.2. The molecule has 3 rings (SSSR count). The van der Waals surface area contributed by atoms with Gasteiger partial charge in [-0.1, -0.05) is 30.3 Å². The second-order valence-corrected chi connectivity index (χ2v) is 6.11. The van der Waals surface area contributed by atoms with Crippen LogP contribution in [-0.2, 0) is 11.3 Å². The number of carbonyl (C=O) groups is 2. The van der Waals surface area contributed by atoms with Crippen LogP contribution in [0.15, 0.2) is 78.9 Å². The lowest BCUT2D eigenvalue weighted by Gasteiger charge is -2.09. The van der Waals surface area contributed by atoms with Crippen molar-refractivity contribution in [2.24, 2.45) is 0 Å². The summed E-state index contributed by atoms with van der Waals surface area (Å²) < 4.78 is 5.06. The van der Waals surface area contributed by atoms with Crippen LogP contribution in [0, 0.1) is 0 Å². The van der Waals surface area contributed by atoms with Gasteiger partial charge >= 0.3 is 6.03 Å². The summed E-state index contributed by atoms with van der Waals surface area (Å²) in [6.45, 7) is 0.508. The minimum absolute atomic E-state index is 0.202. The first-order valence-corrected chi connectivity index (χ1v) is 8.76. The molecule has 6 heteroatoms. The molecule has 6 nitrogen and oxygen atoms in total. The number of urea groups is 1. The summed E-state index contributed by atoms with van der Waals surface area (Å²) in [7, 11) is 1.63. The van der Waals surface area contributed by atoms with Crippen molar-refractivity contribution in [1.82, 2.24) is 0 Å². The smallest absolute Gasteiger partial charge is 0.323 e. The summed E-state index contributed by atoms with van der Waals surface area (Å²) in [4.78, 5) is 24.3. The molecule has 0 heterocycles. The molecule has 0 saturated heterocycles. The van der Waals surface area contributed by atoms with Crippen molar-refractivity contribution >= 4 is 29.0 Å². The maximum atomic E-state index is 12.3. The van der Waals surface area contributed by atoms with E-state index in [9.17, 15) is 9.59 Å². The van der Waals surface area contributed by atoms with Crippen LogP contribution in [0.1, 0.15) is 15.9 Å². The Hall–Kier alpha value is -3.64. The van der Waals surface area contributed by atoms with Gasteiger partial charge in [0.2, 0.25) is 0 Å². The molecule has 28 heavy (non-hydrogen) atoms. The number of hydrogen-bond donors (Lipinski definition) is 3. The van der Waals surface area contributed by atoms with Gasteiger partial charge in [0, 0.05) is 29.7 Å². The van der Waals surface area contributed by atoms with Gasteiger partial charge in [0.1, 0.15) is 0 Å². The lowest BCUT2D eigenvalue weighted by Crippen LogP contribution is -2.19. The minimum atomic E-state index is -0.334. The quantitative estimate of drug-likeness (QED) is 0.583. The monoisotopic (exact) mass is 375 g/mol. The maximum Gasteiger partial charge on any atom is 0.323 e. The summed E-state index contributed by atoms with van der Waals surface area (Å²) in [6, 6.07) is 23.0. The van der Waals surface area contributed by atoms with Crippen LogP contribution in [0.2, 0.25) is 0 Å². The minimum Gasteiger partial charge on any atom is -0.380 e. The molecule has 0 fully saturated rings. The molecule has 0 aliphatic rings. The fourth-order valence-electron chi connectivity index (χ4n) is 2.57. The number of ether oxygens (including phenoxy) is 1. The number of benzene rings is 3. The van der Waals surface area contributed by atoms with Crippen LogP contribution in [-0.4, -0.2) is 19.0 Å². The van der Waals surface area contributed by atoms with Gasteiger partial charge in [-0.15, -0.1) is 0 Å². The summed E-state index contributed by atoms with van der Waals surface area (Å²) in [5, 5.41) is 8.32. The molecule has 3 amide bonds. The predicted molar refractivity (Wildman–Crippen MR) is 111 cm³/mol. The van der Waals surface area contributed by atoms with E-state index in [2.05, 4.69) is 16.0 Å². The molecule has 0 bridgehead atoms. The largest absolute Gasteiger partial charge is 0.380 e. The molecule has 0 unspecified atom stereocenters. The van der Waals surface area contributed by atoms with Crippen molar-refractivity contribution in [1.29, 1.82) is 0 Å². The van der Waals surface area contributed by atoms with Gasteiger partial charge in [0.25, 0.3) is 5.91 Å². The number of amides is 3. The van der Waals surface area contributed by atoms with Gasteiger partial charge in [-0.2, -0.15) is 0 Å². The van der Waals surface area contributed by atoms with E-state index in [4.69, 9.17) is 4.74 Å². The summed E-state index contributed by atoms with van der Waals surface area (Å²) >= 11 is 0. The van der Waals surface area contributed by atoms with Gasteiger partial charge in [0.05, 0.1) is 6.61 Å². The Morgan fingerprint density at radius 2 is 1.25 bits per heavy atom. The van der Waals surface area contributed by atoms with E-state index in [1.54, 1.807) is 55.6 Å². The first kappa shape index (κ1) is 19.1. The van der Waals surface area contributed by atoms with Gasteiger partial charge in [0.15, 0.2) is 0 Å². The number of methoxy groups -OCH3 is 1. The lowest BCUT2D eigenvalue weighted by atomic mass is 10.1. The molecule has 142 valence electrons. The summed E-state index contributed by atoms with van der Waals surface area (Å²) in [5.41, 5.74) is 3.53. The third-order valence-corrected chi connectivity index (χ3v) is 3.96. The highest BCUT2D eigenvalue weighted by Gasteiger charge is 2.07. The Morgan fingerprint density at radius 1 is 0.714 bits per heavy atom. The molecule has 0 aliphatic carbocycles. The maximum absolute atomic E-state index is 12.3. The molecule has 3 aromatic carbocycles. The Bertz CT molecular complexity index is 924. The molecule has 0 radical (unpaired) electrons.